The van der Waals surface area contributed by atoms with Crippen molar-refractivity contribution >= 4 is 17.8 Å². The van der Waals surface area contributed by atoms with E-state index in [4.69, 9.17) is 10.5 Å². The third-order valence-corrected chi connectivity index (χ3v) is 4.58. The fourth-order valence-corrected chi connectivity index (χ4v) is 2.38. The molecule has 0 aromatic heterocycles. The maximum absolute atomic E-state index is 12.3. The summed E-state index contributed by atoms with van der Waals surface area (Å²) in [5.41, 5.74) is 4.86. The molecule has 0 spiro atoms. The number of hydrogen-bond donors (Lipinski definition) is 2. The van der Waals surface area contributed by atoms with E-state index in [1.165, 1.54) is 14.0 Å². The molecule has 0 bridgehead atoms. The Balaban J connectivity index is 0.000000485. The molecular weight excluding hydrogens is 360 g/mol. The van der Waals surface area contributed by atoms with Gasteiger partial charge in [-0.2, -0.15) is 0 Å². The molecule has 148 valence electrons. The average Bonchev–Trinajstić information content (AvgIpc) is 3.38. The highest BCUT2D eigenvalue weighted by atomic mass is 16.6. The van der Waals surface area contributed by atoms with Crippen molar-refractivity contribution in [3.05, 3.63) is 71.8 Å². The molecule has 28 heavy (non-hydrogen) atoms. The number of carboxylic acids is 1. The van der Waals surface area contributed by atoms with Gasteiger partial charge in [0.05, 0.1) is 6.04 Å². The Kier molecular flexibility index (Phi) is 6.89. The second kappa shape index (κ2) is 9.14. The van der Waals surface area contributed by atoms with Gasteiger partial charge in [0.2, 0.25) is 0 Å². The molecule has 1 aliphatic carbocycles. The first kappa shape index (κ1) is 21.1. The predicted octanol–water partition coefficient (Wildman–Crippen LogP) is 2.54. The lowest BCUT2D eigenvalue weighted by molar-refractivity contribution is -0.149. The van der Waals surface area contributed by atoms with Crippen molar-refractivity contribution in [2.75, 3.05) is 7.05 Å². The van der Waals surface area contributed by atoms with Gasteiger partial charge in [-0.1, -0.05) is 60.7 Å². The number of amides is 1. The van der Waals surface area contributed by atoms with Crippen LogP contribution in [0.5, 0.6) is 0 Å². The Morgan fingerprint density at radius 2 is 1.61 bits per heavy atom. The molecule has 2 atom stereocenters. The first-order chi connectivity index (χ1) is 13.3. The summed E-state index contributed by atoms with van der Waals surface area (Å²) in [6.07, 6.45) is -0.0809. The van der Waals surface area contributed by atoms with Crippen molar-refractivity contribution in [2.24, 2.45) is 5.73 Å². The number of nitrogens with two attached hydrogens (primary N) is 1. The lowest BCUT2D eigenvalue weighted by Crippen LogP contribution is -2.50. The maximum atomic E-state index is 12.3. The zero-order valence-corrected chi connectivity index (χ0v) is 15.9. The average molecular weight is 384 g/mol. The smallest absolute Gasteiger partial charge is 0.411 e. The van der Waals surface area contributed by atoms with Crippen LogP contribution in [0.4, 0.5) is 4.79 Å². The molecule has 3 rings (SSSR count). The Bertz CT molecular complexity index is 825. The fourth-order valence-electron chi connectivity index (χ4n) is 2.38. The van der Waals surface area contributed by atoms with Crippen LogP contribution in [0, 0.1) is 0 Å². The van der Waals surface area contributed by atoms with Crippen LogP contribution in [0.25, 0.3) is 0 Å². The molecule has 1 saturated carbocycles. The zero-order chi connectivity index (χ0) is 20.7. The van der Waals surface area contributed by atoms with E-state index in [2.05, 4.69) is 0 Å². The molecule has 0 heterocycles. The molecule has 1 fully saturated rings. The van der Waals surface area contributed by atoms with Gasteiger partial charge in [-0.3, -0.25) is 9.69 Å². The molecule has 2 aromatic rings. The molecule has 2 aromatic carbocycles. The van der Waals surface area contributed by atoms with Crippen molar-refractivity contribution < 1.29 is 24.2 Å². The molecule has 0 saturated heterocycles. The number of Topliss-reactive ketones (excluding diaryl/α,β-unsaturated/α-hetero) is 1. The van der Waals surface area contributed by atoms with Gasteiger partial charge in [0.25, 0.3) is 0 Å². The summed E-state index contributed by atoms with van der Waals surface area (Å²) in [5.74, 6) is -0.923. The molecule has 0 radical (unpaired) electrons. The first-order valence-electron chi connectivity index (χ1n) is 8.78. The summed E-state index contributed by atoms with van der Waals surface area (Å²) in [6.45, 7) is 1.57. The number of hydrogen-bond acceptors (Lipinski definition) is 5. The van der Waals surface area contributed by atoms with Crippen LogP contribution in [0.15, 0.2) is 60.7 Å². The third-order valence-electron chi connectivity index (χ3n) is 4.58. The highest BCUT2D eigenvalue weighted by molar-refractivity contribution is 5.99. The number of carbonyl (C=O) groups excluding carboxylic acids is 2. The van der Waals surface area contributed by atoms with Crippen LogP contribution in [-0.4, -0.2) is 40.9 Å². The number of carbonyl (C=O) groups is 3. The van der Waals surface area contributed by atoms with E-state index >= 15 is 0 Å². The van der Waals surface area contributed by atoms with Crippen LogP contribution in [0.1, 0.15) is 24.5 Å². The monoisotopic (exact) mass is 384 g/mol. The van der Waals surface area contributed by atoms with Crippen LogP contribution < -0.4 is 5.73 Å². The van der Waals surface area contributed by atoms with Crippen LogP contribution in [0.3, 0.4) is 0 Å². The molecule has 2 unspecified atom stereocenters. The normalized spacial score (nSPS) is 16.8. The number of nitrogens with zero attached hydrogens (tertiary/aromatic N) is 1. The van der Waals surface area contributed by atoms with E-state index < -0.39 is 17.6 Å². The van der Waals surface area contributed by atoms with Gasteiger partial charge in [-0.05, 0) is 18.1 Å². The van der Waals surface area contributed by atoms with Crippen molar-refractivity contribution in [2.45, 2.75) is 31.5 Å². The predicted molar refractivity (Wildman–Crippen MR) is 103 cm³/mol. The minimum absolute atomic E-state index is 0.0880. The van der Waals surface area contributed by atoms with E-state index in [1.54, 1.807) is 30.3 Å². The van der Waals surface area contributed by atoms with E-state index in [0.29, 0.717) is 12.0 Å². The van der Waals surface area contributed by atoms with Crippen molar-refractivity contribution in [1.29, 1.82) is 0 Å². The Morgan fingerprint density at radius 3 is 2.04 bits per heavy atom. The number of benzene rings is 2. The number of aliphatic carboxylic acids is 1. The SMILES string of the molecule is CN(C(=O)OCc1ccccc1)C(C)(C(=O)O)c1ccccc1.NC1CC1=O. The van der Waals surface area contributed by atoms with Crippen LogP contribution in [0.2, 0.25) is 0 Å². The molecule has 7 heteroatoms. The topological polar surface area (TPSA) is 110 Å². The highest BCUT2D eigenvalue weighted by Gasteiger charge is 2.42. The Hall–Kier alpha value is -3.19. The Morgan fingerprint density at radius 1 is 1.14 bits per heavy atom. The van der Waals surface area contributed by atoms with Crippen LogP contribution in [-0.2, 0) is 26.5 Å². The van der Waals surface area contributed by atoms with Gasteiger partial charge in [0.15, 0.2) is 11.3 Å². The lowest BCUT2D eigenvalue weighted by atomic mass is 9.91. The van der Waals surface area contributed by atoms with Gasteiger partial charge in [-0.25, -0.2) is 9.59 Å². The second-order valence-corrected chi connectivity index (χ2v) is 6.62. The second-order valence-electron chi connectivity index (χ2n) is 6.62. The summed E-state index contributed by atoms with van der Waals surface area (Å²) in [5, 5.41) is 9.64. The number of ether oxygens (including phenoxy) is 1. The summed E-state index contributed by atoms with van der Waals surface area (Å²) in [7, 11) is 1.43. The quantitative estimate of drug-likeness (QED) is 0.820. The first-order valence-corrected chi connectivity index (χ1v) is 8.78. The zero-order valence-electron chi connectivity index (χ0n) is 15.9. The summed E-state index contributed by atoms with van der Waals surface area (Å²) >= 11 is 0. The van der Waals surface area contributed by atoms with Gasteiger partial charge in [0.1, 0.15) is 6.61 Å². The standard InChI is InChI=1S/C18H19NO4.C3H5NO/c1-18(16(20)21,15-11-7-4-8-12-15)19(2)17(22)23-13-14-9-5-3-6-10-14;4-2-1-3(2)5/h3-12H,13H2,1-2H3,(H,20,21);2H,1,4H2. The van der Waals surface area contributed by atoms with Crippen molar-refractivity contribution in [3.63, 3.8) is 0 Å². The van der Waals surface area contributed by atoms with Gasteiger partial charge >= 0.3 is 12.1 Å². The van der Waals surface area contributed by atoms with Gasteiger partial charge in [-0.15, -0.1) is 0 Å². The number of carboxylic acid groups (broad SMARTS) is 1. The van der Waals surface area contributed by atoms with E-state index in [0.717, 1.165) is 10.5 Å². The van der Waals surface area contributed by atoms with Crippen molar-refractivity contribution in [1.82, 2.24) is 4.90 Å². The summed E-state index contributed by atoms with van der Waals surface area (Å²) in [6, 6.07) is 17.8. The van der Waals surface area contributed by atoms with Gasteiger partial charge < -0.3 is 15.6 Å². The minimum atomic E-state index is -1.50. The van der Waals surface area contributed by atoms with E-state index in [-0.39, 0.29) is 18.4 Å². The summed E-state index contributed by atoms with van der Waals surface area (Å²) < 4.78 is 5.23. The van der Waals surface area contributed by atoms with E-state index in [9.17, 15) is 19.5 Å². The van der Waals surface area contributed by atoms with Crippen molar-refractivity contribution in [3.8, 4) is 0 Å². The third kappa shape index (κ3) is 5.17. The molecule has 1 aliphatic rings. The molecule has 3 N–H and O–H groups in total. The number of rotatable bonds is 5. The largest absolute Gasteiger partial charge is 0.479 e. The Labute approximate surface area is 163 Å². The highest BCUT2D eigenvalue weighted by Crippen LogP contribution is 2.28. The molecule has 0 aliphatic heterocycles. The molecule has 7 nitrogen and oxygen atoms in total. The van der Waals surface area contributed by atoms with Crippen LogP contribution >= 0.6 is 0 Å². The lowest BCUT2D eigenvalue weighted by Gasteiger charge is -2.34. The summed E-state index contributed by atoms with van der Waals surface area (Å²) in [4.78, 5) is 34.9. The molecule has 1 amide bonds. The maximum Gasteiger partial charge on any atom is 0.411 e. The number of ketones is 1. The fraction of sp³-hybridized carbons (Fsp3) is 0.286. The molecular formula is C21H24N2O5. The van der Waals surface area contributed by atoms with E-state index in [1.807, 2.05) is 30.3 Å². The van der Waals surface area contributed by atoms with Gasteiger partial charge in [0, 0.05) is 13.5 Å². The number of likely N-dealkylation sites (N-methyl/N-ethyl adjacent to an activating group) is 1. The minimum Gasteiger partial charge on any atom is -0.479 e.